The second-order valence-electron chi connectivity index (χ2n) is 9.94. The summed E-state index contributed by atoms with van der Waals surface area (Å²) in [6.07, 6.45) is -0.151. The van der Waals surface area contributed by atoms with E-state index in [2.05, 4.69) is 15.4 Å². The molecule has 2 aromatic rings. The number of alkyl halides is 5. The molecule has 0 saturated heterocycles. The van der Waals surface area contributed by atoms with Crippen LogP contribution in [0.1, 0.15) is 66.7 Å². The van der Waals surface area contributed by atoms with Crippen LogP contribution in [0.15, 0.2) is 23.4 Å². The van der Waals surface area contributed by atoms with Crippen LogP contribution in [-0.2, 0) is 12.7 Å². The Labute approximate surface area is 191 Å². The zero-order valence-corrected chi connectivity index (χ0v) is 18.9. The van der Waals surface area contributed by atoms with Gasteiger partial charge in [-0.25, -0.2) is 13.8 Å². The number of carbonyl (C=O) groups is 1. The first-order valence-corrected chi connectivity index (χ1v) is 11.9. The monoisotopic (exact) mass is 486 g/mol. The van der Waals surface area contributed by atoms with Crippen molar-refractivity contribution in [2.24, 2.45) is 10.8 Å². The predicted octanol–water partition coefficient (Wildman–Crippen LogP) is 5.97. The van der Waals surface area contributed by atoms with Crippen molar-refractivity contribution in [3.8, 4) is 0 Å². The largest absolute Gasteiger partial charge is 0.420 e. The summed E-state index contributed by atoms with van der Waals surface area (Å²) in [5, 5.41) is 7.39. The maximum Gasteiger partial charge on any atom is 0.420 e. The Morgan fingerprint density at radius 2 is 2.00 bits per heavy atom. The molecule has 3 aliphatic rings. The summed E-state index contributed by atoms with van der Waals surface area (Å²) in [6, 6.07) is 3.05. The number of halogens is 5. The van der Waals surface area contributed by atoms with Gasteiger partial charge in [0.05, 0.1) is 10.7 Å². The first kappa shape index (κ1) is 22.6. The number of rotatable bonds is 6. The number of nitrogens with zero attached hydrogens (tertiary/aromatic N) is 3. The fraction of sp³-hybridized carbons (Fsp3) is 0.591. The number of carbonyl (C=O) groups excluding carboxylic acids is 1. The molecule has 2 heterocycles. The summed E-state index contributed by atoms with van der Waals surface area (Å²) in [4.78, 5) is 17.3. The fourth-order valence-corrected chi connectivity index (χ4v) is 5.67. The minimum atomic E-state index is -4.80. The van der Waals surface area contributed by atoms with E-state index in [0.717, 1.165) is 17.5 Å². The van der Waals surface area contributed by atoms with Crippen molar-refractivity contribution in [3.63, 3.8) is 0 Å². The molecule has 5 nitrogen and oxygen atoms in total. The normalized spacial score (nSPS) is 23.8. The van der Waals surface area contributed by atoms with E-state index >= 15 is 0 Å². The Kier molecular flexibility index (Phi) is 4.91. The summed E-state index contributed by atoms with van der Waals surface area (Å²) in [7, 11) is 0. The van der Waals surface area contributed by atoms with Crippen LogP contribution in [-0.4, -0.2) is 32.8 Å². The van der Waals surface area contributed by atoms with Crippen LogP contribution in [0, 0.1) is 10.8 Å². The van der Waals surface area contributed by atoms with Crippen LogP contribution in [0.2, 0.25) is 0 Å². The zero-order valence-electron chi connectivity index (χ0n) is 18.1. The van der Waals surface area contributed by atoms with Crippen LogP contribution in [0.4, 0.5) is 27.6 Å². The van der Waals surface area contributed by atoms with E-state index in [4.69, 9.17) is 0 Å². The van der Waals surface area contributed by atoms with Crippen molar-refractivity contribution in [1.82, 2.24) is 14.8 Å². The molecule has 1 atom stereocenters. The third-order valence-corrected chi connectivity index (χ3v) is 7.64. The minimum absolute atomic E-state index is 0.126. The summed E-state index contributed by atoms with van der Waals surface area (Å²) in [5.41, 5.74) is -2.54. The standard InChI is InChI=1S/C22H23F5N4OS/c1-19(9-21(23,24)10-19)11-31-17(18(32)29-12-3-6-28-14(7-12)33-2)15(22(25,26)27)16(30-31)13-8-20(13)4-5-20/h3,6-7,13H,4-5,8-11H2,1-2H3,(H,28,29,32). The maximum atomic E-state index is 14.3. The first-order valence-electron chi connectivity index (χ1n) is 10.7. The second-order valence-corrected chi connectivity index (χ2v) is 10.8. The van der Waals surface area contributed by atoms with Gasteiger partial charge in [0.1, 0.15) is 11.3 Å². The molecule has 33 heavy (non-hydrogen) atoms. The van der Waals surface area contributed by atoms with Crippen LogP contribution < -0.4 is 5.32 Å². The van der Waals surface area contributed by atoms with Crippen molar-refractivity contribution >= 4 is 23.4 Å². The Bertz CT molecular complexity index is 1120. The smallest absolute Gasteiger partial charge is 0.321 e. The Hall–Kier alpha value is -2.17. The van der Waals surface area contributed by atoms with Gasteiger partial charge in [0.25, 0.3) is 5.91 Å². The Morgan fingerprint density at radius 3 is 2.55 bits per heavy atom. The van der Waals surface area contributed by atoms with Gasteiger partial charge in [-0.1, -0.05) is 6.92 Å². The van der Waals surface area contributed by atoms with Crippen molar-refractivity contribution in [1.29, 1.82) is 0 Å². The average Bonchev–Trinajstić information content (AvgIpc) is 3.58. The molecule has 2 aromatic heterocycles. The SMILES string of the molecule is CSc1cc(NC(=O)c2c(C(F)(F)F)c(C3CC34CC4)nn2CC2(C)CC(F)(F)C2)ccn1. The molecule has 3 saturated carbocycles. The number of nitrogens with one attached hydrogen (secondary N) is 1. The van der Waals surface area contributed by atoms with E-state index in [1.165, 1.54) is 24.0 Å². The molecule has 3 aliphatic carbocycles. The summed E-state index contributed by atoms with van der Waals surface area (Å²) in [5.74, 6) is -4.15. The number of aromatic nitrogens is 3. The highest BCUT2D eigenvalue weighted by Gasteiger charge is 2.66. The zero-order chi connectivity index (χ0) is 23.8. The Morgan fingerprint density at radius 1 is 1.30 bits per heavy atom. The van der Waals surface area contributed by atoms with Gasteiger partial charge in [0.15, 0.2) is 0 Å². The topological polar surface area (TPSA) is 59.8 Å². The summed E-state index contributed by atoms with van der Waals surface area (Å²) < 4.78 is 71.0. The van der Waals surface area contributed by atoms with Gasteiger partial charge < -0.3 is 5.32 Å². The minimum Gasteiger partial charge on any atom is -0.321 e. The predicted molar refractivity (Wildman–Crippen MR) is 113 cm³/mol. The quantitative estimate of drug-likeness (QED) is 0.404. The number of thioether (sulfide) groups is 1. The summed E-state index contributed by atoms with van der Waals surface area (Å²) >= 11 is 1.33. The molecule has 11 heteroatoms. The van der Waals surface area contributed by atoms with E-state index in [1.807, 2.05) is 0 Å². The number of hydrogen-bond acceptors (Lipinski definition) is 4. The third kappa shape index (κ3) is 4.13. The van der Waals surface area contributed by atoms with E-state index in [1.54, 1.807) is 19.2 Å². The lowest BCUT2D eigenvalue weighted by molar-refractivity contribution is -0.160. The highest BCUT2D eigenvalue weighted by molar-refractivity contribution is 7.98. The van der Waals surface area contributed by atoms with E-state index in [0.29, 0.717) is 17.1 Å². The molecule has 1 N–H and O–H groups in total. The van der Waals surface area contributed by atoms with Gasteiger partial charge in [-0.15, -0.1) is 11.8 Å². The van der Waals surface area contributed by atoms with Crippen molar-refractivity contribution in [2.75, 3.05) is 11.6 Å². The molecule has 3 fully saturated rings. The van der Waals surface area contributed by atoms with E-state index in [9.17, 15) is 26.7 Å². The van der Waals surface area contributed by atoms with Gasteiger partial charge in [0, 0.05) is 37.2 Å². The molecule has 1 unspecified atom stereocenters. The number of pyridine rings is 1. The number of hydrogen-bond donors (Lipinski definition) is 1. The van der Waals surface area contributed by atoms with Crippen LogP contribution >= 0.6 is 11.8 Å². The van der Waals surface area contributed by atoms with Gasteiger partial charge in [0.2, 0.25) is 5.92 Å². The molecule has 0 bridgehead atoms. The van der Waals surface area contributed by atoms with E-state index < -0.39 is 47.5 Å². The summed E-state index contributed by atoms with van der Waals surface area (Å²) in [6.45, 7) is 1.41. The van der Waals surface area contributed by atoms with Crippen LogP contribution in [0.3, 0.4) is 0 Å². The van der Waals surface area contributed by atoms with Gasteiger partial charge in [-0.05, 0) is 48.5 Å². The molecule has 1 amide bonds. The maximum absolute atomic E-state index is 14.3. The van der Waals surface area contributed by atoms with Crippen molar-refractivity contribution in [2.45, 2.75) is 68.6 Å². The lowest BCUT2D eigenvalue weighted by Crippen LogP contribution is -2.47. The first-order chi connectivity index (χ1) is 15.3. The highest BCUT2D eigenvalue weighted by atomic mass is 32.2. The molecule has 0 aromatic carbocycles. The molecule has 1 spiro atoms. The van der Waals surface area contributed by atoms with Gasteiger partial charge >= 0.3 is 6.18 Å². The third-order valence-electron chi connectivity index (χ3n) is 6.99. The van der Waals surface area contributed by atoms with Gasteiger partial charge in [-0.3, -0.25) is 9.48 Å². The second kappa shape index (κ2) is 7.16. The number of amides is 1. The molecule has 0 radical (unpaired) electrons. The molecule has 0 aliphatic heterocycles. The number of anilines is 1. The van der Waals surface area contributed by atoms with E-state index in [-0.39, 0.29) is 23.6 Å². The Balaban J connectivity index is 1.55. The van der Waals surface area contributed by atoms with Crippen molar-refractivity contribution < 1.29 is 26.7 Å². The molecule has 178 valence electrons. The molecule has 5 rings (SSSR count). The van der Waals surface area contributed by atoms with Crippen LogP contribution in [0.5, 0.6) is 0 Å². The lowest BCUT2D eigenvalue weighted by atomic mass is 9.67. The average molecular weight is 487 g/mol. The van der Waals surface area contributed by atoms with Gasteiger partial charge in [-0.2, -0.15) is 18.3 Å². The van der Waals surface area contributed by atoms with Crippen LogP contribution in [0.25, 0.3) is 0 Å². The fourth-order valence-electron chi connectivity index (χ4n) is 5.26. The highest BCUT2D eigenvalue weighted by Crippen LogP contribution is 2.75. The molecular formula is C22H23F5N4OS. The lowest BCUT2D eigenvalue weighted by Gasteiger charge is -2.44. The molecular weight excluding hydrogens is 463 g/mol. The van der Waals surface area contributed by atoms with Crippen molar-refractivity contribution in [3.05, 3.63) is 35.3 Å².